The van der Waals surface area contributed by atoms with Crippen molar-refractivity contribution in [3.05, 3.63) is 34.4 Å². The topological polar surface area (TPSA) is 157 Å². The number of carbonyl (C=O) groups is 2. The highest BCUT2D eigenvalue weighted by atomic mass is 32.2. The average molecular weight is 400 g/mol. The first-order valence-corrected chi connectivity index (χ1v) is 9.45. The molecule has 27 heavy (non-hydrogen) atoms. The summed E-state index contributed by atoms with van der Waals surface area (Å²) in [5, 5.41) is 13.1. The van der Waals surface area contributed by atoms with Crippen LogP contribution in [0.3, 0.4) is 0 Å². The zero-order valence-electron chi connectivity index (χ0n) is 14.9. The van der Waals surface area contributed by atoms with Crippen LogP contribution in [0.4, 0.5) is 10.5 Å². The first-order chi connectivity index (χ1) is 12.4. The minimum atomic E-state index is -4.15. The highest BCUT2D eigenvalue weighted by Crippen LogP contribution is 2.56. The van der Waals surface area contributed by atoms with Crippen LogP contribution < -0.4 is 15.6 Å². The summed E-state index contributed by atoms with van der Waals surface area (Å²) in [4.78, 5) is 35.7. The zero-order chi connectivity index (χ0) is 20.5. The Morgan fingerprint density at radius 1 is 1.26 bits per heavy atom. The number of esters is 1. The fourth-order valence-corrected chi connectivity index (χ4v) is 3.47. The molecule has 0 bridgehead atoms. The van der Waals surface area contributed by atoms with E-state index < -0.39 is 37.9 Å². The maximum absolute atomic E-state index is 12.1. The second-order valence-corrected chi connectivity index (χ2v) is 8.30. The summed E-state index contributed by atoms with van der Waals surface area (Å²) in [5.41, 5.74) is -0.0755. The van der Waals surface area contributed by atoms with Crippen molar-refractivity contribution in [2.45, 2.75) is 37.6 Å². The molecule has 0 spiro atoms. The Bertz CT molecular complexity index is 867. The van der Waals surface area contributed by atoms with Crippen LogP contribution in [0.25, 0.3) is 0 Å². The zero-order valence-corrected chi connectivity index (χ0v) is 15.8. The van der Waals surface area contributed by atoms with Crippen molar-refractivity contribution in [3.63, 3.8) is 0 Å². The molecular weight excluding hydrogens is 380 g/mol. The number of nitrogens with one attached hydrogen (secondary N) is 3. The number of nitro benzene ring substituents is 1. The fourth-order valence-electron chi connectivity index (χ4n) is 2.63. The molecule has 0 aromatic heterocycles. The summed E-state index contributed by atoms with van der Waals surface area (Å²) in [5.74, 6) is -0.594. The van der Waals surface area contributed by atoms with Gasteiger partial charge in [-0.25, -0.2) is 18.0 Å². The van der Waals surface area contributed by atoms with Crippen molar-refractivity contribution in [1.29, 1.82) is 0 Å². The van der Waals surface area contributed by atoms with Crippen LogP contribution in [-0.2, 0) is 19.6 Å². The maximum Gasteiger partial charge on any atom is 0.332 e. The van der Waals surface area contributed by atoms with Gasteiger partial charge >= 0.3 is 12.0 Å². The third-order valence-electron chi connectivity index (χ3n) is 4.35. The van der Waals surface area contributed by atoms with Gasteiger partial charge in [-0.05, 0) is 25.5 Å². The van der Waals surface area contributed by atoms with Gasteiger partial charge in [-0.2, -0.15) is 0 Å². The maximum atomic E-state index is 12.1. The summed E-state index contributed by atoms with van der Waals surface area (Å²) in [6.07, 6.45) is 0.349. The molecule has 148 valence electrons. The van der Waals surface area contributed by atoms with Crippen molar-refractivity contribution in [3.8, 4) is 0 Å². The quantitative estimate of drug-likeness (QED) is 0.347. The third kappa shape index (κ3) is 4.17. The lowest BCUT2D eigenvalue weighted by molar-refractivity contribution is -0.384. The van der Waals surface area contributed by atoms with Crippen molar-refractivity contribution in [1.82, 2.24) is 15.6 Å². The molecule has 0 saturated heterocycles. The van der Waals surface area contributed by atoms with Crippen LogP contribution in [0.15, 0.2) is 29.2 Å². The van der Waals surface area contributed by atoms with Gasteiger partial charge in [0.25, 0.3) is 15.7 Å². The number of hydrogen-bond donors (Lipinski definition) is 3. The van der Waals surface area contributed by atoms with E-state index in [-0.39, 0.29) is 17.2 Å². The molecule has 0 radical (unpaired) electrons. The van der Waals surface area contributed by atoms with Gasteiger partial charge in [0.1, 0.15) is 5.54 Å². The summed E-state index contributed by atoms with van der Waals surface area (Å²) < 4.78 is 29.3. The molecule has 1 aliphatic rings. The number of hydrazine groups is 1. The SMILES string of the molecule is CCOC(=O)C1(NC(=O)NNS(=O)(=O)c2ccc([N+](=O)[O-])cc2)CC1(C)C. The largest absolute Gasteiger partial charge is 0.464 e. The van der Waals surface area contributed by atoms with Crippen molar-refractivity contribution < 1.29 is 27.7 Å². The molecule has 1 aliphatic carbocycles. The predicted molar refractivity (Wildman–Crippen MR) is 92.8 cm³/mol. The molecule has 0 heterocycles. The Morgan fingerprint density at radius 3 is 2.26 bits per heavy atom. The Labute approximate surface area is 155 Å². The number of rotatable bonds is 7. The summed E-state index contributed by atoms with van der Waals surface area (Å²) in [6.45, 7) is 5.32. The van der Waals surface area contributed by atoms with Gasteiger partial charge in [0, 0.05) is 17.5 Å². The molecule has 1 unspecified atom stereocenters. The normalized spacial score (nSPS) is 20.4. The number of nitrogens with zero attached hydrogens (tertiary/aromatic N) is 1. The molecule has 11 nitrogen and oxygen atoms in total. The molecule has 12 heteroatoms. The van der Waals surface area contributed by atoms with E-state index >= 15 is 0 Å². The van der Waals surface area contributed by atoms with Crippen LogP contribution in [0.1, 0.15) is 27.2 Å². The van der Waals surface area contributed by atoms with E-state index in [4.69, 9.17) is 4.74 Å². The van der Waals surface area contributed by atoms with E-state index in [0.717, 1.165) is 24.3 Å². The van der Waals surface area contributed by atoms with E-state index in [2.05, 4.69) is 5.32 Å². The van der Waals surface area contributed by atoms with Crippen molar-refractivity contribution >= 4 is 27.7 Å². The highest BCUT2D eigenvalue weighted by molar-refractivity contribution is 7.89. The van der Waals surface area contributed by atoms with Gasteiger partial charge in [0.2, 0.25) is 0 Å². The number of benzene rings is 1. The monoisotopic (exact) mass is 400 g/mol. The molecular formula is C15H20N4O7S. The fraction of sp³-hybridized carbons (Fsp3) is 0.467. The van der Waals surface area contributed by atoms with E-state index in [0.29, 0.717) is 6.42 Å². The molecule has 0 aliphatic heterocycles. The van der Waals surface area contributed by atoms with E-state index in [1.807, 2.05) is 10.3 Å². The first kappa shape index (κ1) is 20.6. The minimum absolute atomic E-state index is 0.146. The van der Waals surface area contributed by atoms with Crippen LogP contribution >= 0.6 is 0 Å². The van der Waals surface area contributed by atoms with Crippen molar-refractivity contribution in [2.75, 3.05) is 6.61 Å². The number of nitro groups is 1. The highest BCUT2D eigenvalue weighted by Gasteiger charge is 2.68. The van der Waals surface area contributed by atoms with Gasteiger partial charge in [-0.1, -0.05) is 13.8 Å². The smallest absolute Gasteiger partial charge is 0.332 e. The molecule has 1 atom stereocenters. The van der Waals surface area contributed by atoms with Crippen LogP contribution in [0.2, 0.25) is 0 Å². The van der Waals surface area contributed by atoms with Crippen LogP contribution in [0, 0.1) is 15.5 Å². The number of urea groups is 1. The number of sulfonamides is 1. The standard InChI is InChI=1S/C15H20N4O7S/c1-4-26-12(20)15(9-14(15,2)3)16-13(21)17-18-27(24,25)11-7-5-10(6-8-11)19(22)23/h5-8,18H,4,9H2,1-3H3,(H2,16,17,21). The third-order valence-corrected chi connectivity index (χ3v) is 5.61. The second-order valence-electron chi connectivity index (χ2n) is 6.62. The van der Waals surface area contributed by atoms with E-state index in [1.54, 1.807) is 20.8 Å². The van der Waals surface area contributed by atoms with Gasteiger partial charge in [0.15, 0.2) is 0 Å². The van der Waals surface area contributed by atoms with Gasteiger partial charge in [-0.15, -0.1) is 4.83 Å². The molecule has 2 amide bonds. The number of ether oxygens (including phenoxy) is 1. The molecule has 1 fully saturated rings. The van der Waals surface area contributed by atoms with Crippen molar-refractivity contribution in [2.24, 2.45) is 5.41 Å². The van der Waals surface area contributed by atoms with Gasteiger partial charge < -0.3 is 10.1 Å². The predicted octanol–water partition coefficient (Wildman–Crippen LogP) is 0.819. The Hall–Kier alpha value is -2.73. The molecule has 1 aromatic carbocycles. The van der Waals surface area contributed by atoms with E-state index in [9.17, 15) is 28.1 Å². The van der Waals surface area contributed by atoms with Crippen LogP contribution in [-0.4, -0.2) is 37.5 Å². The number of hydrogen-bond acceptors (Lipinski definition) is 7. The molecule has 1 saturated carbocycles. The van der Waals surface area contributed by atoms with Gasteiger partial charge in [-0.3, -0.25) is 15.5 Å². The molecule has 1 aromatic rings. The Morgan fingerprint density at radius 2 is 1.81 bits per heavy atom. The lowest BCUT2D eigenvalue weighted by atomic mass is 10.1. The average Bonchev–Trinajstić information content (AvgIpc) is 3.15. The minimum Gasteiger partial charge on any atom is -0.464 e. The Balaban J connectivity index is 2.02. The molecule has 2 rings (SSSR count). The molecule has 3 N–H and O–H groups in total. The van der Waals surface area contributed by atoms with Gasteiger partial charge in [0.05, 0.1) is 16.4 Å². The summed E-state index contributed by atoms with van der Waals surface area (Å²) in [7, 11) is -4.15. The summed E-state index contributed by atoms with van der Waals surface area (Å²) >= 11 is 0. The number of carbonyl (C=O) groups excluding carboxylic acids is 2. The Kier molecular flexibility index (Phi) is 5.42. The number of amides is 2. The van der Waals surface area contributed by atoms with E-state index in [1.165, 1.54) is 0 Å². The lowest BCUT2D eigenvalue weighted by Gasteiger charge is -2.20. The second kappa shape index (κ2) is 7.12. The summed E-state index contributed by atoms with van der Waals surface area (Å²) in [6, 6.07) is 3.18. The first-order valence-electron chi connectivity index (χ1n) is 7.97. The van der Waals surface area contributed by atoms with Crippen LogP contribution in [0.5, 0.6) is 0 Å². The number of non-ortho nitro benzene ring substituents is 1. The lowest BCUT2D eigenvalue weighted by Crippen LogP contribution is -2.55.